The number of carboxylic acid groups (broad SMARTS) is 1. The molecule has 1 heterocycles. The standard InChI is InChI=1S/C12H17N3O3/c16-12(17)10-7-13-8-11(15-10)14-5-6-18-9-3-1-2-4-9/h7-9H,1-6H2,(H,14,15)(H,16,17). The van der Waals surface area contributed by atoms with Gasteiger partial charge in [-0.1, -0.05) is 12.8 Å². The monoisotopic (exact) mass is 251 g/mol. The first-order chi connectivity index (χ1) is 8.75. The van der Waals surface area contributed by atoms with E-state index in [0.717, 1.165) is 12.8 Å². The van der Waals surface area contributed by atoms with E-state index in [1.807, 2.05) is 0 Å². The lowest BCUT2D eigenvalue weighted by Crippen LogP contribution is -2.16. The maximum Gasteiger partial charge on any atom is 0.356 e. The van der Waals surface area contributed by atoms with Crippen molar-refractivity contribution in [2.24, 2.45) is 0 Å². The van der Waals surface area contributed by atoms with Crippen LogP contribution in [0.5, 0.6) is 0 Å². The fourth-order valence-corrected chi connectivity index (χ4v) is 2.01. The van der Waals surface area contributed by atoms with Gasteiger partial charge in [-0.2, -0.15) is 0 Å². The number of anilines is 1. The number of nitrogens with one attached hydrogen (secondary N) is 1. The summed E-state index contributed by atoms with van der Waals surface area (Å²) in [5.74, 6) is -0.613. The van der Waals surface area contributed by atoms with Crippen LogP contribution in [0.4, 0.5) is 5.82 Å². The van der Waals surface area contributed by atoms with Gasteiger partial charge in [0.25, 0.3) is 0 Å². The van der Waals surface area contributed by atoms with Gasteiger partial charge in [-0.15, -0.1) is 0 Å². The predicted molar refractivity (Wildman–Crippen MR) is 65.7 cm³/mol. The van der Waals surface area contributed by atoms with E-state index in [1.165, 1.54) is 25.2 Å². The summed E-state index contributed by atoms with van der Waals surface area (Å²) < 4.78 is 5.68. The highest BCUT2D eigenvalue weighted by Gasteiger charge is 2.14. The Morgan fingerprint density at radius 3 is 2.94 bits per heavy atom. The van der Waals surface area contributed by atoms with Gasteiger partial charge in [0.05, 0.1) is 25.1 Å². The Labute approximate surface area is 105 Å². The molecule has 0 atom stereocenters. The lowest BCUT2D eigenvalue weighted by Gasteiger charge is -2.11. The maximum atomic E-state index is 10.7. The second kappa shape index (κ2) is 6.30. The molecule has 0 bridgehead atoms. The molecule has 0 radical (unpaired) electrons. The van der Waals surface area contributed by atoms with Crippen LogP contribution in [0.25, 0.3) is 0 Å². The molecule has 1 aliphatic carbocycles. The largest absolute Gasteiger partial charge is 0.476 e. The van der Waals surface area contributed by atoms with Crippen LogP contribution < -0.4 is 5.32 Å². The van der Waals surface area contributed by atoms with Crippen LogP contribution in [-0.2, 0) is 4.74 Å². The van der Waals surface area contributed by atoms with Crippen LogP contribution in [-0.4, -0.2) is 40.3 Å². The summed E-state index contributed by atoms with van der Waals surface area (Å²) in [6.45, 7) is 1.21. The molecule has 0 aromatic carbocycles. The van der Waals surface area contributed by atoms with E-state index in [4.69, 9.17) is 9.84 Å². The second-order valence-corrected chi connectivity index (χ2v) is 4.30. The van der Waals surface area contributed by atoms with Crippen LogP contribution in [0.15, 0.2) is 12.4 Å². The van der Waals surface area contributed by atoms with Gasteiger partial charge >= 0.3 is 5.97 Å². The molecule has 1 saturated carbocycles. The van der Waals surface area contributed by atoms with Gasteiger partial charge in [-0.05, 0) is 12.8 Å². The van der Waals surface area contributed by atoms with E-state index in [9.17, 15) is 4.79 Å². The predicted octanol–water partition coefficient (Wildman–Crippen LogP) is 1.55. The number of aromatic carboxylic acids is 1. The van der Waals surface area contributed by atoms with E-state index in [-0.39, 0.29) is 5.69 Å². The van der Waals surface area contributed by atoms with Crippen LogP contribution in [0.3, 0.4) is 0 Å². The Hall–Kier alpha value is -1.69. The van der Waals surface area contributed by atoms with E-state index in [1.54, 1.807) is 0 Å². The number of nitrogens with zero attached hydrogens (tertiary/aromatic N) is 2. The third-order valence-electron chi connectivity index (χ3n) is 2.92. The Kier molecular flexibility index (Phi) is 4.46. The Bertz CT molecular complexity index is 405. The van der Waals surface area contributed by atoms with Crippen molar-refractivity contribution in [1.82, 2.24) is 9.97 Å². The molecule has 98 valence electrons. The molecule has 1 fully saturated rings. The van der Waals surface area contributed by atoms with E-state index < -0.39 is 5.97 Å². The van der Waals surface area contributed by atoms with E-state index in [0.29, 0.717) is 25.1 Å². The molecule has 1 aromatic heterocycles. The van der Waals surface area contributed by atoms with Crippen LogP contribution >= 0.6 is 0 Å². The minimum Gasteiger partial charge on any atom is -0.476 e. The number of aromatic nitrogens is 2. The Morgan fingerprint density at radius 1 is 1.44 bits per heavy atom. The first-order valence-corrected chi connectivity index (χ1v) is 6.16. The quantitative estimate of drug-likeness (QED) is 0.746. The van der Waals surface area contributed by atoms with Gasteiger partial charge in [0, 0.05) is 6.54 Å². The van der Waals surface area contributed by atoms with E-state index >= 15 is 0 Å². The molecule has 1 aliphatic rings. The molecule has 0 unspecified atom stereocenters. The smallest absolute Gasteiger partial charge is 0.356 e. The van der Waals surface area contributed by atoms with Crippen LogP contribution in [0, 0.1) is 0 Å². The van der Waals surface area contributed by atoms with Gasteiger partial charge in [-0.25, -0.2) is 9.78 Å². The summed E-state index contributed by atoms with van der Waals surface area (Å²) in [6.07, 6.45) is 7.92. The number of carboxylic acids is 1. The van der Waals surface area contributed by atoms with Gasteiger partial charge < -0.3 is 15.2 Å². The summed E-state index contributed by atoms with van der Waals surface area (Å²) in [6, 6.07) is 0. The summed E-state index contributed by atoms with van der Waals surface area (Å²) in [5, 5.41) is 11.8. The van der Waals surface area contributed by atoms with Crippen molar-refractivity contribution < 1.29 is 14.6 Å². The zero-order valence-corrected chi connectivity index (χ0v) is 10.1. The highest BCUT2D eigenvalue weighted by atomic mass is 16.5. The number of rotatable bonds is 6. The molecule has 6 nitrogen and oxygen atoms in total. The van der Waals surface area contributed by atoms with Gasteiger partial charge in [0.1, 0.15) is 5.82 Å². The highest BCUT2D eigenvalue weighted by Crippen LogP contribution is 2.20. The van der Waals surface area contributed by atoms with Crippen molar-refractivity contribution in [3.63, 3.8) is 0 Å². The average molecular weight is 251 g/mol. The minimum atomic E-state index is -1.08. The van der Waals surface area contributed by atoms with Gasteiger partial charge in [0.2, 0.25) is 0 Å². The topological polar surface area (TPSA) is 84.3 Å². The van der Waals surface area contributed by atoms with Crippen molar-refractivity contribution in [3.05, 3.63) is 18.1 Å². The SMILES string of the molecule is O=C(O)c1cncc(NCCOC2CCCC2)n1. The third kappa shape index (κ3) is 3.66. The van der Waals surface area contributed by atoms with Crippen molar-refractivity contribution in [3.8, 4) is 0 Å². The lowest BCUT2D eigenvalue weighted by molar-refractivity contribution is 0.0658. The fraction of sp³-hybridized carbons (Fsp3) is 0.583. The van der Waals surface area contributed by atoms with Crippen molar-refractivity contribution in [1.29, 1.82) is 0 Å². The summed E-state index contributed by atoms with van der Waals surface area (Å²) in [4.78, 5) is 18.4. The fourth-order valence-electron chi connectivity index (χ4n) is 2.01. The van der Waals surface area contributed by atoms with Crippen LogP contribution in [0.1, 0.15) is 36.2 Å². The minimum absolute atomic E-state index is 0.0586. The molecular formula is C12H17N3O3. The summed E-state index contributed by atoms with van der Waals surface area (Å²) >= 11 is 0. The summed E-state index contributed by atoms with van der Waals surface area (Å²) in [7, 11) is 0. The molecule has 18 heavy (non-hydrogen) atoms. The highest BCUT2D eigenvalue weighted by molar-refractivity contribution is 5.85. The number of hydrogen-bond donors (Lipinski definition) is 2. The van der Waals surface area contributed by atoms with Crippen molar-refractivity contribution >= 4 is 11.8 Å². The van der Waals surface area contributed by atoms with Crippen LogP contribution in [0.2, 0.25) is 0 Å². The third-order valence-corrected chi connectivity index (χ3v) is 2.92. The molecule has 6 heteroatoms. The number of hydrogen-bond acceptors (Lipinski definition) is 5. The number of ether oxygens (including phenoxy) is 1. The van der Waals surface area contributed by atoms with Crippen molar-refractivity contribution in [2.75, 3.05) is 18.5 Å². The molecule has 0 aliphatic heterocycles. The van der Waals surface area contributed by atoms with Gasteiger partial charge in [-0.3, -0.25) is 4.98 Å². The van der Waals surface area contributed by atoms with Gasteiger partial charge in [0.15, 0.2) is 5.69 Å². The molecule has 2 rings (SSSR count). The zero-order valence-electron chi connectivity index (χ0n) is 10.1. The number of carbonyl (C=O) groups is 1. The van der Waals surface area contributed by atoms with E-state index in [2.05, 4.69) is 15.3 Å². The lowest BCUT2D eigenvalue weighted by atomic mass is 10.3. The zero-order chi connectivity index (χ0) is 12.8. The molecule has 1 aromatic rings. The first-order valence-electron chi connectivity index (χ1n) is 6.16. The Balaban J connectivity index is 1.72. The Morgan fingerprint density at radius 2 is 2.22 bits per heavy atom. The molecular weight excluding hydrogens is 234 g/mol. The molecule has 0 spiro atoms. The van der Waals surface area contributed by atoms with Crippen molar-refractivity contribution in [2.45, 2.75) is 31.8 Å². The second-order valence-electron chi connectivity index (χ2n) is 4.30. The normalized spacial score (nSPS) is 15.8. The average Bonchev–Trinajstić information content (AvgIpc) is 2.88. The molecule has 2 N–H and O–H groups in total. The molecule has 0 saturated heterocycles. The molecule has 0 amide bonds. The summed E-state index contributed by atoms with van der Waals surface area (Å²) in [5.41, 5.74) is -0.0586. The maximum absolute atomic E-state index is 10.7. The first kappa shape index (κ1) is 12.8.